The van der Waals surface area contributed by atoms with E-state index in [9.17, 15) is 13.6 Å². The van der Waals surface area contributed by atoms with Gasteiger partial charge in [0.05, 0.1) is 5.56 Å². The van der Waals surface area contributed by atoms with Gasteiger partial charge in [0.25, 0.3) is 0 Å². The molecule has 0 radical (unpaired) electrons. The highest BCUT2D eigenvalue weighted by atomic mass is 35.5. The summed E-state index contributed by atoms with van der Waals surface area (Å²) in [4.78, 5) is 15.7. The van der Waals surface area contributed by atoms with E-state index in [2.05, 4.69) is 9.72 Å². The third kappa shape index (κ3) is 4.39. The zero-order valence-corrected chi connectivity index (χ0v) is 12.3. The molecular formula is C15H12ClF2NO3. The van der Waals surface area contributed by atoms with E-state index >= 15 is 0 Å². The van der Waals surface area contributed by atoms with Gasteiger partial charge in [0.1, 0.15) is 17.0 Å². The largest absolute Gasteiger partial charge is 0.454 e. The topological polar surface area (TPSA) is 48.4 Å². The average molecular weight is 328 g/mol. The van der Waals surface area contributed by atoms with Gasteiger partial charge >= 0.3 is 12.6 Å². The number of nitrogens with zero attached hydrogens (tertiary/aromatic N) is 1. The minimum absolute atomic E-state index is 0.0400. The number of aromatic nitrogens is 1. The van der Waals surface area contributed by atoms with Crippen molar-refractivity contribution in [3.8, 4) is 5.75 Å². The van der Waals surface area contributed by atoms with E-state index in [1.807, 2.05) is 0 Å². The number of carbonyl (C=O) groups excluding carboxylic acids is 1. The maximum Gasteiger partial charge on any atom is 0.387 e. The van der Waals surface area contributed by atoms with Gasteiger partial charge in [0.15, 0.2) is 0 Å². The quantitative estimate of drug-likeness (QED) is 0.608. The van der Waals surface area contributed by atoms with Crippen molar-refractivity contribution in [3.05, 3.63) is 58.9 Å². The van der Waals surface area contributed by atoms with Crippen LogP contribution < -0.4 is 4.74 Å². The molecule has 1 unspecified atom stereocenters. The highest BCUT2D eigenvalue weighted by Crippen LogP contribution is 2.22. The molecular weight excluding hydrogens is 316 g/mol. The molecule has 1 heterocycles. The summed E-state index contributed by atoms with van der Waals surface area (Å²) in [5.74, 6) is -0.511. The molecule has 0 aliphatic heterocycles. The maximum atomic E-state index is 12.1. The van der Waals surface area contributed by atoms with Crippen molar-refractivity contribution < 1.29 is 23.0 Å². The Morgan fingerprint density at radius 1 is 1.23 bits per heavy atom. The van der Waals surface area contributed by atoms with Gasteiger partial charge in [-0.1, -0.05) is 23.7 Å². The summed E-state index contributed by atoms with van der Waals surface area (Å²) in [6.45, 7) is -1.21. The van der Waals surface area contributed by atoms with Crippen LogP contribution in [0.25, 0.3) is 0 Å². The summed E-state index contributed by atoms with van der Waals surface area (Å²) in [7, 11) is 0. The molecule has 1 aromatic carbocycles. The van der Waals surface area contributed by atoms with Crippen molar-refractivity contribution in [2.24, 2.45) is 0 Å². The van der Waals surface area contributed by atoms with Gasteiger partial charge in [-0.15, -0.1) is 0 Å². The Kier molecular flexibility index (Phi) is 5.27. The maximum absolute atomic E-state index is 12.1. The van der Waals surface area contributed by atoms with Crippen LogP contribution in [0.15, 0.2) is 42.6 Å². The Hall–Kier alpha value is -2.21. The number of rotatable bonds is 5. The Balaban J connectivity index is 2.02. The first-order valence-corrected chi connectivity index (χ1v) is 6.71. The SMILES string of the molecule is CC(OC(=O)c1ccnc(Cl)c1)c1ccc(OC(F)F)cc1. The molecule has 116 valence electrons. The lowest BCUT2D eigenvalue weighted by atomic mass is 10.1. The number of pyridine rings is 1. The standard InChI is InChI=1S/C15H12ClF2NO3/c1-9(10-2-4-12(5-3-10)22-15(17)18)21-14(20)11-6-7-19-13(16)8-11/h2-9,15H,1H3. The number of benzene rings is 1. The molecule has 0 saturated carbocycles. The number of alkyl halides is 2. The third-order valence-electron chi connectivity index (χ3n) is 2.82. The van der Waals surface area contributed by atoms with Gasteiger partial charge in [0, 0.05) is 6.20 Å². The molecule has 1 atom stereocenters. The zero-order chi connectivity index (χ0) is 16.1. The lowest BCUT2D eigenvalue weighted by Gasteiger charge is -2.14. The van der Waals surface area contributed by atoms with Crippen molar-refractivity contribution in [1.29, 1.82) is 0 Å². The molecule has 0 fully saturated rings. The molecule has 0 aliphatic rings. The van der Waals surface area contributed by atoms with E-state index in [1.54, 1.807) is 19.1 Å². The molecule has 0 amide bonds. The summed E-state index contributed by atoms with van der Waals surface area (Å²) < 4.78 is 33.7. The van der Waals surface area contributed by atoms with Crippen LogP contribution in [0.4, 0.5) is 8.78 Å². The van der Waals surface area contributed by atoms with Crippen LogP contribution in [0.3, 0.4) is 0 Å². The normalized spacial score (nSPS) is 12.0. The molecule has 22 heavy (non-hydrogen) atoms. The van der Waals surface area contributed by atoms with Crippen molar-refractivity contribution in [1.82, 2.24) is 4.98 Å². The van der Waals surface area contributed by atoms with E-state index in [-0.39, 0.29) is 16.5 Å². The van der Waals surface area contributed by atoms with Gasteiger partial charge < -0.3 is 9.47 Å². The van der Waals surface area contributed by atoms with Crippen LogP contribution in [0.2, 0.25) is 5.15 Å². The van der Waals surface area contributed by atoms with Crippen LogP contribution >= 0.6 is 11.6 Å². The number of hydrogen-bond donors (Lipinski definition) is 0. The van der Waals surface area contributed by atoms with Gasteiger partial charge in [-0.05, 0) is 36.8 Å². The monoisotopic (exact) mass is 327 g/mol. The summed E-state index contributed by atoms with van der Waals surface area (Å²) in [5.41, 5.74) is 0.930. The minimum atomic E-state index is -2.88. The minimum Gasteiger partial charge on any atom is -0.454 e. The second kappa shape index (κ2) is 7.17. The van der Waals surface area contributed by atoms with Crippen molar-refractivity contribution in [3.63, 3.8) is 0 Å². The van der Waals surface area contributed by atoms with Gasteiger partial charge in [-0.2, -0.15) is 8.78 Å². The molecule has 2 aromatic rings. The smallest absolute Gasteiger partial charge is 0.387 e. The molecule has 1 aromatic heterocycles. The highest BCUT2D eigenvalue weighted by Gasteiger charge is 2.14. The Bertz CT molecular complexity index is 649. The predicted octanol–water partition coefficient (Wildman–Crippen LogP) is 4.25. The lowest BCUT2D eigenvalue weighted by molar-refractivity contribution is -0.0498. The fourth-order valence-electron chi connectivity index (χ4n) is 1.75. The molecule has 0 N–H and O–H groups in total. The van der Waals surface area contributed by atoms with E-state index in [0.29, 0.717) is 5.56 Å². The average Bonchev–Trinajstić information content (AvgIpc) is 2.47. The van der Waals surface area contributed by atoms with Gasteiger partial charge in [-0.25, -0.2) is 9.78 Å². The first-order chi connectivity index (χ1) is 10.5. The second-order valence-corrected chi connectivity index (χ2v) is 4.75. The number of ether oxygens (including phenoxy) is 2. The molecule has 0 spiro atoms. The number of hydrogen-bond acceptors (Lipinski definition) is 4. The summed E-state index contributed by atoms with van der Waals surface area (Å²) >= 11 is 5.71. The van der Waals surface area contributed by atoms with E-state index < -0.39 is 18.7 Å². The first kappa shape index (κ1) is 16.2. The molecule has 0 saturated heterocycles. The molecule has 0 bridgehead atoms. The summed E-state index contributed by atoms with van der Waals surface area (Å²) in [5, 5.41) is 0.190. The van der Waals surface area contributed by atoms with E-state index in [4.69, 9.17) is 16.3 Å². The number of carbonyl (C=O) groups is 1. The summed E-state index contributed by atoms with van der Waals surface area (Å²) in [6.07, 6.45) is 0.847. The number of esters is 1. The van der Waals surface area contributed by atoms with E-state index in [0.717, 1.165) is 0 Å². The van der Waals surface area contributed by atoms with Crippen LogP contribution in [-0.2, 0) is 4.74 Å². The molecule has 0 aliphatic carbocycles. The molecule has 7 heteroatoms. The Morgan fingerprint density at radius 2 is 1.91 bits per heavy atom. The van der Waals surface area contributed by atoms with E-state index in [1.165, 1.54) is 30.5 Å². The van der Waals surface area contributed by atoms with Crippen LogP contribution in [0.5, 0.6) is 5.75 Å². The van der Waals surface area contributed by atoms with Crippen LogP contribution in [0.1, 0.15) is 28.9 Å². The van der Waals surface area contributed by atoms with Gasteiger partial charge in [-0.3, -0.25) is 0 Å². The van der Waals surface area contributed by atoms with Crippen LogP contribution in [0, 0.1) is 0 Å². The Morgan fingerprint density at radius 3 is 2.50 bits per heavy atom. The first-order valence-electron chi connectivity index (χ1n) is 6.33. The van der Waals surface area contributed by atoms with Crippen molar-refractivity contribution in [2.75, 3.05) is 0 Å². The van der Waals surface area contributed by atoms with Gasteiger partial charge in [0.2, 0.25) is 0 Å². The number of halogens is 3. The zero-order valence-electron chi connectivity index (χ0n) is 11.5. The summed E-state index contributed by atoms with van der Waals surface area (Å²) in [6, 6.07) is 8.76. The third-order valence-corrected chi connectivity index (χ3v) is 3.03. The molecule has 2 rings (SSSR count). The molecule has 4 nitrogen and oxygen atoms in total. The Labute approximate surface area is 130 Å². The van der Waals surface area contributed by atoms with Crippen molar-refractivity contribution in [2.45, 2.75) is 19.6 Å². The highest BCUT2D eigenvalue weighted by molar-refractivity contribution is 6.29. The van der Waals surface area contributed by atoms with Crippen molar-refractivity contribution >= 4 is 17.6 Å². The fourth-order valence-corrected chi connectivity index (χ4v) is 1.92. The second-order valence-electron chi connectivity index (χ2n) is 4.36. The predicted molar refractivity (Wildman–Crippen MR) is 76.2 cm³/mol. The fraction of sp³-hybridized carbons (Fsp3) is 0.200. The van der Waals surface area contributed by atoms with Crippen LogP contribution in [-0.4, -0.2) is 17.6 Å². The lowest BCUT2D eigenvalue weighted by Crippen LogP contribution is -2.09.